The largest absolute Gasteiger partial charge is 0.497 e. The van der Waals surface area contributed by atoms with Crippen molar-refractivity contribution in [1.29, 1.82) is 0 Å². The number of hydrogen-bond donors (Lipinski definition) is 3. The first-order valence-electron chi connectivity index (χ1n) is 9.73. The highest BCUT2D eigenvalue weighted by atomic mass is 32.2. The lowest BCUT2D eigenvalue weighted by molar-refractivity contribution is 0.262. The molecule has 0 spiro atoms. The van der Waals surface area contributed by atoms with Crippen LogP contribution in [0.2, 0.25) is 0 Å². The summed E-state index contributed by atoms with van der Waals surface area (Å²) in [5.74, 6) is 1.18. The maximum Gasteiger partial charge on any atom is 0.323 e. The van der Waals surface area contributed by atoms with Crippen molar-refractivity contribution in [1.82, 2.24) is 4.98 Å². The molecule has 0 bridgehead atoms. The molecule has 0 atom stereocenters. The van der Waals surface area contributed by atoms with Gasteiger partial charge in [0.25, 0.3) is 0 Å². The standard InChI is InChI=1S/C23H22N4O3S2/c1-14-4-7-19(8-5-14)32-27-23-26-20-12-15(6-9-21(20)31-23)24-22(28)25-16-10-17(29-2)13-18(11-16)30-3/h4-13H,1-3H3,(H,26,27)(H2,24,25,28). The second kappa shape index (κ2) is 9.80. The Morgan fingerprint density at radius 3 is 2.28 bits per heavy atom. The molecular weight excluding hydrogens is 444 g/mol. The Balaban J connectivity index is 1.41. The van der Waals surface area contributed by atoms with E-state index in [2.05, 4.69) is 51.5 Å². The van der Waals surface area contributed by atoms with Crippen LogP contribution in [0.1, 0.15) is 5.56 Å². The van der Waals surface area contributed by atoms with Crippen molar-refractivity contribution in [3.05, 3.63) is 66.2 Å². The van der Waals surface area contributed by atoms with E-state index < -0.39 is 0 Å². The van der Waals surface area contributed by atoms with Crippen molar-refractivity contribution in [2.45, 2.75) is 11.8 Å². The summed E-state index contributed by atoms with van der Waals surface area (Å²) < 4.78 is 14.8. The number of methoxy groups -OCH3 is 2. The van der Waals surface area contributed by atoms with Crippen LogP contribution < -0.4 is 24.8 Å². The topological polar surface area (TPSA) is 84.5 Å². The number of rotatable bonds is 7. The minimum atomic E-state index is -0.372. The second-order valence-electron chi connectivity index (χ2n) is 6.90. The van der Waals surface area contributed by atoms with Crippen LogP contribution in [0.3, 0.4) is 0 Å². The third-order valence-corrected chi connectivity index (χ3v) is 6.42. The molecule has 0 radical (unpaired) electrons. The van der Waals surface area contributed by atoms with Crippen LogP contribution in [0.25, 0.3) is 10.2 Å². The zero-order valence-electron chi connectivity index (χ0n) is 17.8. The summed E-state index contributed by atoms with van der Waals surface area (Å²) in [6.45, 7) is 2.06. The van der Waals surface area contributed by atoms with Crippen molar-refractivity contribution in [2.75, 3.05) is 29.6 Å². The molecule has 2 amide bonds. The number of carbonyl (C=O) groups is 1. The summed E-state index contributed by atoms with van der Waals surface area (Å²) in [5.41, 5.74) is 3.24. The molecule has 0 saturated carbocycles. The Bertz CT molecular complexity index is 1220. The molecule has 0 unspecified atom stereocenters. The van der Waals surface area contributed by atoms with Gasteiger partial charge in [-0.3, -0.25) is 0 Å². The number of aromatic nitrogens is 1. The smallest absolute Gasteiger partial charge is 0.323 e. The van der Waals surface area contributed by atoms with Gasteiger partial charge in [0, 0.05) is 34.5 Å². The molecule has 0 aliphatic rings. The molecule has 1 aromatic heterocycles. The summed E-state index contributed by atoms with van der Waals surface area (Å²) in [7, 11) is 3.12. The van der Waals surface area contributed by atoms with E-state index >= 15 is 0 Å². The summed E-state index contributed by atoms with van der Waals surface area (Å²) >= 11 is 3.08. The van der Waals surface area contributed by atoms with Crippen LogP contribution in [0.15, 0.2) is 65.6 Å². The molecule has 4 rings (SSSR count). The molecule has 3 aromatic carbocycles. The third-order valence-electron chi connectivity index (χ3n) is 4.53. The number of fused-ring (bicyclic) bond motifs is 1. The zero-order valence-corrected chi connectivity index (χ0v) is 19.4. The average molecular weight is 467 g/mol. The first-order valence-corrected chi connectivity index (χ1v) is 11.4. The Morgan fingerprint density at radius 2 is 1.59 bits per heavy atom. The molecule has 32 heavy (non-hydrogen) atoms. The highest BCUT2D eigenvalue weighted by Crippen LogP contribution is 2.31. The van der Waals surface area contributed by atoms with Gasteiger partial charge in [0.1, 0.15) is 11.5 Å². The zero-order chi connectivity index (χ0) is 22.5. The number of anilines is 3. The Hall–Kier alpha value is -3.43. The van der Waals surface area contributed by atoms with Crippen LogP contribution >= 0.6 is 23.3 Å². The Kier molecular flexibility index (Phi) is 6.67. The minimum Gasteiger partial charge on any atom is -0.497 e. The highest BCUT2D eigenvalue weighted by Gasteiger charge is 2.09. The van der Waals surface area contributed by atoms with Crippen LogP contribution in [0, 0.1) is 6.92 Å². The first-order chi connectivity index (χ1) is 15.5. The van der Waals surface area contributed by atoms with E-state index in [1.165, 1.54) is 17.5 Å². The molecule has 164 valence electrons. The van der Waals surface area contributed by atoms with E-state index in [0.717, 1.165) is 20.2 Å². The number of ether oxygens (including phenoxy) is 2. The predicted molar refractivity (Wildman–Crippen MR) is 132 cm³/mol. The normalized spacial score (nSPS) is 10.6. The van der Waals surface area contributed by atoms with E-state index in [1.54, 1.807) is 43.8 Å². The maximum atomic E-state index is 12.5. The van der Waals surface area contributed by atoms with E-state index in [4.69, 9.17) is 9.47 Å². The lowest BCUT2D eigenvalue weighted by Crippen LogP contribution is -2.19. The Labute approximate surface area is 194 Å². The van der Waals surface area contributed by atoms with Gasteiger partial charge in [-0.25, -0.2) is 9.78 Å². The van der Waals surface area contributed by atoms with E-state index in [-0.39, 0.29) is 6.03 Å². The van der Waals surface area contributed by atoms with Crippen LogP contribution in [-0.2, 0) is 0 Å². The van der Waals surface area contributed by atoms with Gasteiger partial charge in [0.15, 0.2) is 5.13 Å². The molecule has 9 heteroatoms. The van der Waals surface area contributed by atoms with Crippen LogP contribution in [0.4, 0.5) is 21.3 Å². The van der Waals surface area contributed by atoms with Crippen molar-refractivity contribution in [2.24, 2.45) is 0 Å². The number of nitrogens with zero attached hydrogens (tertiary/aromatic N) is 1. The summed E-state index contributed by atoms with van der Waals surface area (Å²) in [6.07, 6.45) is 0. The predicted octanol–water partition coefficient (Wildman–Crippen LogP) is 6.39. The third kappa shape index (κ3) is 5.43. The maximum absolute atomic E-state index is 12.5. The molecule has 1 heterocycles. The molecule has 0 aliphatic heterocycles. The van der Waals surface area contributed by atoms with E-state index in [9.17, 15) is 4.79 Å². The summed E-state index contributed by atoms with van der Waals surface area (Å²) in [4.78, 5) is 18.2. The van der Waals surface area contributed by atoms with Crippen molar-refractivity contribution >= 4 is 56.0 Å². The lowest BCUT2D eigenvalue weighted by Gasteiger charge is -2.11. The van der Waals surface area contributed by atoms with Gasteiger partial charge in [-0.1, -0.05) is 29.0 Å². The SMILES string of the molecule is COc1cc(NC(=O)Nc2ccc3sc(NSc4ccc(C)cc4)nc3c2)cc(OC)c1. The van der Waals surface area contributed by atoms with E-state index in [1.807, 2.05) is 18.2 Å². The highest BCUT2D eigenvalue weighted by molar-refractivity contribution is 8.00. The molecule has 3 N–H and O–H groups in total. The summed E-state index contributed by atoms with van der Waals surface area (Å²) in [6, 6.07) is 18.7. The van der Waals surface area contributed by atoms with Gasteiger partial charge in [0.05, 0.1) is 24.4 Å². The van der Waals surface area contributed by atoms with Crippen LogP contribution in [-0.4, -0.2) is 25.2 Å². The molecule has 7 nitrogen and oxygen atoms in total. The number of hydrogen-bond acceptors (Lipinski definition) is 7. The number of thiazole rings is 1. The van der Waals surface area contributed by atoms with Crippen molar-refractivity contribution < 1.29 is 14.3 Å². The lowest BCUT2D eigenvalue weighted by atomic mass is 10.2. The van der Waals surface area contributed by atoms with Gasteiger partial charge in [-0.05, 0) is 49.2 Å². The minimum absolute atomic E-state index is 0.372. The summed E-state index contributed by atoms with van der Waals surface area (Å²) in [5, 5.41) is 6.43. The molecule has 4 aromatic rings. The first kappa shape index (κ1) is 21.8. The average Bonchev–Trinajstić information content (AvgIpc) is 3.20. The molecule has 0 saturated heterocycles. The number of benzene rings is 3. The monoisotopic (exact) mass is 466 g/mol. The Morgan fingerprint density at radius 1 is 0.906 bits per heavy atom. The number of carbonyl (C=O) groups excluding carboxylic acids is 1. The fraction of sp³-hybridized carbons (Fsp3) is 0.130. The quantitative estimate of drug-likeness (QED) is 0.274. The number of urea groups is 1. The molecular formula is C23H22N4O3S2. The number of nitrogens with one attached hydrogen (secondary N) is 3. The van der Waals surface area contributed by atoms with Gasteiger partial charge in [-0.15, -0.1) is 0 Å². The van der Waals surface area contributed by atoms with Gasteiger partial charge >= 0.3 is 6.03 Å². The van der Waals surface area contributed by atoms with E-state index in [0.29, 0.717) is 22.9 Å². The second-order valence-corrected chi connectivity index (χ2v) is 8.81. The van der Waals surface area contributed by atoms with Crippen molar-refractivity contribution in [3.63, 3.8) is 0 Å². The van der Waals surface area contributed by atoms with Gasteiger partial charge in [0.2, 0.25) is 0 Å². The number of aryl methyl sites for hydroxylation is 1. The van der Waals surface area contributed by atoms with Crippen LogP contribution in [0.5, 0.6) is 11.5 Å². The molecule has 0 aliphatic carbocycles. The van der Waals surface area contributed by atoms with Crippen molar-refractivity contribution in [3.8, 4) is 11.5 Å². The van der Waals surface area contributed by atoms with Gasteiger partial charge < -0.3 is 24.8 Å². The fourth-order valence-electron chi connectivity index (χ4n) is 2.93. The molecule has 0 fully saturated rings. The number of amides is 2. The van der Waals surface area contributed by atoms with Gasteiger partial charge in [-0.2, -0.15) is 0 Å². The fourth-order valence-corrected chi connectivity index (χ4v) is 4.44.